The largest absolute Gasteiger partial charge is 0.507 e. The molecular formula is C17H24BNO5S. The summed E-state index contributed by atoms with van der Waals surface area (Å²) < 4.78 is 12.7. The lowest BCUT2D eigenvalue weighted by molar-refractivity contribution is -0.149. The van der Waals surface area contributed by atoms with E-state index in [0.29, 0.717) is 17.8 Å². The second-order valence-electron chi connectivity index (χ2n) is 8.19. The summed E-state index contributed by atoms with van der Waals surface area (Å²) in [7, 11) is -0.557. The van der Waals surface area contributed by atoms with Gasteiger partial charge < -0.3 is 14.4 Å². The van der Waals surface area contributed by atoms with Crippen LogP contribution in [-0.4, -0.2) is 40.2 Å². The highest BCUT2D eigenvalue weighted by molar-refractivity contribution is 7.23. The van der Waals surface area contributed by atoms with Gasteiger partial charge in [0.05, 0.1) is 21.4 Å². The van der Waals surface area contributed by atoms with E-state index in [0.717, 1.165) is 11.2 Å². The second kappa shape index (κ2) is 5.89. The third kappa shape index (κ3) is 2.94. The fraction of sp³-hybridized carbons (Fsp3) is 0.706. The van der Waals surface area contributed by atoms with Crippen molar-refractivity contribution in [1.29, 1.82) is 0 Å². The van der Waals surface area contributed by atoms with Gasteiger partial charge in [-0.2, -0.15) is 0 Å². The average Bonchev–Trinajstić information content (AvgIpc) is 3.16. The number of hydrogen-bond acceptors (Lipinski definition) is 6. The maximum Gasteiger partial charge on any atom is 0.507 e. The molecule has 0 spiro atoms. The number of thiazole rings is 1. The van der Waals surface area contributed by atoms with Gasteiger partial charge >= 0.3 is 13.1 Å². The number of hydrogen-bond donors (Lipinski definition) is 1. The lowest BCUT2D eigenvalue weighted by Crippen LogP contribution is -2.41. The van der Waals surface area contributed by atoms with Gasteiger partial charge in [0.1, 0.15) is 0 Å². The van der Waals surface area contributed by atoms with Crippen LogP contribution in [0.4, 0.5) is 0 Å². The topological polar surface area (TPSA) is 85.7 Å². The maximum atomic E-state index is 12.9. The second-order valence-corrected chi connectivity index (χ2v) is 9.25. The zero-order chi connectivity index (χ0) is 18.6. The average molecular weight is 365 g/mol. The van der Waals surface area contributed by atoms with Gasteiger partial charge in [0.15, 0.2) is 10.8 Å². The van der Waals surface area contributed by atoms with Crippen molar-refractivity contribution in [3.05, 3.63) is 11.2 Å². The number of carboxylic acid groups (broad SMARTS) is 1. The molecule has 2 heterocycles. The third-order valence-electron chi connectivity index (χ3n) is 5.98. The van der Waals surface area contributed by atoms with Crippen molar-refractivity contribution >= 4 is 35.0 Å². The molecule has 0 radical (unpaired) electrons. The Hall–Kier alpha value is -1.25. The number of Topliss-reactive ketones (excluding diaryl/α,β-unsaturated/α-hetero) is 1. The van der Waals surface area contributed by atoms with Crippen molar-refractivity contribution in [2.75, 3.05) is 0 Å². The molecule has 2 atom stereocenters. The smallest absolute Gasteiger partial charge is 0.481 e. The van der Waals surface area contributed by atoms with Crippen LogP contribution in [0.3, 0.4) is 0 Å². The lowest BCUT2D eigenvalue weighted by atomic mass is 9.77. The van der Waals surface area contributed by atoms with Crippen molar-refractivity contribution in [3.63, 3.8) is 0 Å². The number of rotatable bonds is 4. The normalized spacial score (nSPS) is 30.6. The van der Waals surface area contributed by atoms with Crippen LogP contribution >= 0.6 is 11.3 Å². The third-order valence-corrected chi connectivity index (χ3v) is 7.02. The Labute approximate surface area is 152 Å². The van der Waals surface area contributed by atoms with Crippen LogP contribution in [0, 0.1) is 11.3 Å². The summed E-state index contributed by atoms with van der Waals surface area (Å²) in [6.45, 7) is 9.54. The van der Waals surface area contributed by atoms with E-state index in [1.165, 1.54) is 11.3 Å². The Kier molecular flexibility index (Phi) is 4.37. The van der Waals surface area contributed by atoms with Crippen LogP contribution in [-0.2, 0) is 14.1 Å². The van der Waals surface area contributed by atoms with Crippen LogP contribution in [0.25, 0.3) is 0 Å². The predicted molar refractivity (Wildman–Crippen MR) is 95.2 cm³/mol. The molecule has 1 N–H and O–H groups in total. The molecule has 1 aromatic rings. The van der Waals surface area contributed by atoms with E-state index in [1.807, 2.05) is 27.7 Å². The zero-order valence-corrected chi connectivity index (χ0v) is 16.1. The first-order valence-electron chi connectivity index (χ1n) is 8.57. The highest BCUT2D eigenvalue weighted by atomic mass is 32.1. The highest BCUT2D eigenvalue weighted by Gasteiger charge is 2.53. The molecule has 136 valence electrons. The van der Waals surface area contributed by atoms with Crippen molar-refractivity contribution in [2.45, 2.75) is 65.1 Å². The number of ketones is 1. The van der Waals surface area contributed by atoms with Crippen molar-refractivity contribution < 1.29 is 24.0 Å². The van der Waals surface area contributed by atoms with Crippen molar-refractivity contribution in [2.24, 2.45) is 11.3 Å². The summed E-state index contributed by atoms with van der Waals surface area (Å²) in [6.07, 6.45) is 3.46. The number of aliphatic carboxylic acids is 1. The maximum absolute atomic E-state index is 12.9. The molecule has 3 rings (SSSR count). The van der Waals surface area contributed by atoms with E-state index in [4.69, 9.17) is 9.31 Å². The summed E-state index contributed by atoms with van der Waals surface area (Å²) in [4.78, 5) is 28.7. The Morgan fingerprint density at radius 3 is 2.40 bits per heavy atom. The summed E-state index contributed by atoms with van der Waals surface area (Å²) in [5, 5.41) is 9.86. The number of carbonyl (C=O) groups excluding carboxylic acids is 1. The number of aromatic nitrogens is 1. The first-order valence-corrected chi connectivity index (χ1v) is 9.38. The molecule has 6 nitrogen and oxygen atoms in total. The van der Waals surface area contributed by atoms with E-state index in [-0.39, 0.29) is 5.78 Å². The molecular weight excluding hydrogens is 341 g/mol. The Bertz CT molecular complexity index is 700. The molecule has 0 amide bonds. The van der Waals surface area contributed by atoms with E-state index < -0.39 is 35.6 Å². The Morgan fingerprint density at radius 2 is 1.84 bits per heavy atom. The molecule has 0 unspecified atom stereocenters. The first-order chi connectivity index (χ1) is 11.5. The van der Waals surface area contributed by atoms with Gasteiger partial charge in [0.2, 0.25) is 0 Å². The van der Waals surface area contributed by atoms with Gasteiger partial charge in [-0.3, -0.25) is 9.59 Å². The van der Waals surface area contributed by atoms with Crippen molar-refractivity contribution in [1.82, 2.24) is 4.98 Å². The molecule has 25 heavy (non-hydrogen) atoms. The molecule has 0 aromatic carbocycles. The van der Waals surface area contributed by atoms with Crippen LogP contribution in [0.2, 0.25) is 0 Å². The monoisotopic (exact) mass is 365 g/mol. The van der Waals surface area contributed by atoms with Gasteiger partial charge in [-0.15, -0.1) is 11.3 Å². The van der Waals surface area contributed by atoms with Crippen LogP contribution in [0.15, 0.2) is 6.20 Å². The minimum Gasteiger partial charge on any atom is -0.481 e. The van der Waals surface area contributed by atoms with Crippen LogP contribution in [0.1, 0.15) is 63.7 Å². The Morgan fingerprint density at radius 1 is 1.24 bits per heavy atom. The van der Waals surface area contributed by atoms with E-state index in [2.05, 4.69) is 4.98 Å². The Balaban J connectivity index is 1.81. The SMILES string of the molecule is CC1(C)OB(c2cnc(C(=O)[C@H]3CCC[C@]3(C)C(=O)O)s2)OC1(C)C. The predicted octanol–water partition coefficient (Wildman–Crippen LogP) is 2.52. The van der Waals surface area contributed by atoms with E-state index in [9.17, 15) is 14.7 Å². The molecule has 2 fully saturated rings. The molecule has 1 aliphatic heterocycles. The first kappa shape index (κ1) is 18.5. The minimum absolute atomic E-state index is 0.185. The van der Waals surface area contributed by atoms with Gasteiger partial charge in [-0.1, -0.05) is 6.42 Å². The summed E-state index contributed by atoms with van der Waals surface area (Å²) >= 11 is 1.24. The van der Waals surface area contributed by atoms with Gasteiger partial charge in [-0.05, 0) is 47.5 Å². The van der Waals surface area contributed by atoms with Crippen LogP contribution in [0.5, 0.6) is 0 Å². The molecule has 2 aliphatic rings. The van der Waals surface area contributed by atoms with Crippen molar-refractivity contribution in [3.8, 4) is 0 Å². The fourth-order valence-electron chi connectivity index (χ4n) is 3.46. The molecule has 1 aliphatic carbocycles. The standard InChI is InChI=1S/C17H24BNO5S/c1-15(2)16(3,4)24-18(23-15)11-9-19-13(25-11)12(20)10-7-6-8-17(10,5)14(21)22/h9-10H,6-8H2,1-5H3,(H,21,22)/t10-,17+/m1/s1. The highest BCUT2D eigenvalue weighted by Crippen LogP contribution is 2.45. The fourth-order valence-corrected chi connectivity index (χ4v) is 4.33. The number of carboxylic acids is 1. The minimum atomic E-state index is -1.01. The van der Waals surface area contributed by atoms with E-state index >= 15 is 0 Å². The molecule has 8 heteroatoms. The van der Waals surface area contributed by atoms with Gasteiger partial charge in [-0.25, -0.2) is 4.98 Å². The van der Waals surface area contributed by atoms with Gasteiger partial charge in [0.25, 0.3) is 0 Å². The summed E-state index contributed by atoms with van der Waals surface area (Å²) in [5.41, 5.74) is -1.93. The zero-order valence-electron chi connectivity index (χ0n) is 15.3. The van der Waals surface area contributed by atoms with Gasteiger partial charge in [0, 0.05) is 12.1 Å². The quantitative estimate of drug-likeness (QED) is 0.652. The molecule has 1 saturated carbocycles. The molecule has 1 aromatic heterocycles. The summed E-state index contributed by atoms with van der Waals surface area (Å²) in [6, 6.07) is 0. The molecule has 0 bridgehead atoms. The van der Waals surface area contributed by atoms with Crippen LogP contribution < -0.4 is 4.78 Å². The molecule has 1 saturated heterocycles. The number of carbonyl (C=O) groups is 2. The van der Waals surface area contributed by atoms with E-state index in [1.54, 1.807) is 13.1 Å². The summed E-state index contributed by atoms with van der Waals surface area (Å²) in [5.74, 6) is -1.62. The number of nitrogens with zero attached hydrogens (tertiary/aromatic N) is 1. The lowest BCUT2D eigenvalue weighted by Gasteiger charge is -2.32.